The average Bonchev–Trinajstić information content (AvgIpc) is 2.64. The summed E-state index contributed by atoms with van der Waals surface area (Å²) in [6, 6.07) is 0. The van der Waals surface area contributed by atoms with Crippen molar-refractivity contribution < 1.29 is 96.6 Å². The Bertz CT molecular complexity index is 744. The maximum Gasteiger partial charge on any atom is 0.460 e. The highest BCUT2D eigenvalue weighted by atomic mass is 19.4. The van der Waals surface area contributed by atoms with Gasteiger partial charge in [0.25, 0.3) is 12.3 Å². The van der Waals surface area contributed by atoms with Crippen molar-refractivity contribution in [1.82, 2.24) is 0 Å². The van der Waals surface area contributed by atoms with Crippen LogP contribution >= 0.6 is 0 Å². The molecule has 0 saturated heterocycles. The summed E-state index contributed by atoms with van der Waals surface area (Å²) in [6.07, 6.45) is -25.3. The third kappa shape index (κ3) is 5.35. The Morgan fingerprint density at radius 1 is 0.389 bits per heavy atom. The van der Waals surface area contributed by atoms with E-state index in [0.717, 1.165) is 0 Å². The molecule has 0 radical (unpaired) electrons. The molecule has 0 aromatic heterocycles. The molecule has 218 valence electrons. The molecule has 0 aliphatic heterocycles. The fourth-order valence-corrected chi connectivity index (χ4v) is 2.17. The summed E-state index contributed by atoms with van der Waals surface area (Å²) >= 11 is 0. The molecule has 36 heavy (non-hydrogen) atoms. The molecule has 0 saturated carbocycles. The number of alkyl halides is 22. The highest BCUT2D eigenvalue weighted by Gasteiger charge is 2.95. The van der Waals surface area contributed by atoms with Gasteiger partial charge in [-0.1, -0.05) is 0 Å². The summed E-state index contributed by atoms with van der Waals surface area (Å²) in [5.41, 5.74) is 0. The third-order valence-electron chi connectivity index (χ3n) is 4.36. The Kier molecular flexibility index (Phi) is 8.93. The van der Waals surface area contributed by atoms with Crippen molar-refractivity contribution in [1.29, 1.82) is 0 Å². The first-order valence-corrected chi connectivity index (χ1v) is 8.30. The average molecular weight is 594 g/mol. The van der Waals surface area contributed by atoms with Crippen molar-refractivity contribution in [3.63, 3.8) is 0 Å². The topological polar surface area (TPSA) is 0 Å². The van der Waals surface area contributed by atoms with E-state index in [1.165, 1.54) is 0 Å². The second-order valence-corrected chi connectivity index (χ2v) is 7.06. The lowest BCUT2D eigenvalue weighted by Crippen LogP contribution is -2.74. The van der Waals surface area contributed by atoms with Crippen LogP contribution in [-0.2, 0) is 0 Å². The molecule has 0 N–H and O–H groups in total. The summed E-state index contributed by atoms with van der Waals surface area (Å²) in [5.74, 6) is -64.0. The van der Waals surface area contributed by atoms with Crippen LogP contribution in [0.1, 0.15) is 19.3 Å². The van der Waals surface area contributed by atoms with E-state index >= 15 is 0 Å². The van der Waals surface area contributed by atoms with Gasteiger partial charge in [-0.3, -0.25) is 0 Å². The first-order valence-electron chi connectivity index (χ1n) is 8.30. The minimum absolute atomic E-state index is 2.75. The Labute approximate surface area is 183 Å². The van der Waals surface area contributed by atoms with Crippen molar-refractivity contribution in [2.45, 2.75) is 85.4 Å². The van der Waals surface area contributed by atoms with Gasteiger partial charge in [-0.05, 0) is 0 Å². The van der Waals surface area contributed by atoms with Gasteiger partial charge in [0.05, 0.1) is 0 Å². The molecule has 0 aliphatic rings. The normalized spacial score (nSPS) is 17.1. The van der Waals surface area contributed by atoms with E-state index in [-0.39, 0.29) is 0 Å². The Balaban J connectivity index is 6.37. The fraction of sp³-hybridized carbons (Fsp3) is 1.00. The van der Waals surface area contributed by atoms with Gasteiger partial charge in [0.2, 0.25) is 0 Å². The zero-order valence-electron chi connectivity index (χ0n) is 16.1. The van der Waals surface area contributed by atoms with E-state index in [2.05, 4.69) is 0 Å². The van der Waals surface area contributed by atoms with Gasteiger partial charge in [0, 0.05) is 19.3 Å². The van der Waals surface area contributed by atoms with Crippen LogP contribution in [0.25, 0.3) is 0 Å². The van der Waals surface area contributed by atoms with Crippen LogP contribution in [0.5, 0.6) is 0 Å². The second-order valence-electron chi connectivity index (χ2n) is 7.06. The summed E-state index contributed by atoms with van der Waals surface area (Å²) in [5, 5.41) is 0. The summed E-state index contributed by atoms with van der Waals surface area (Å²) in [4.78, 5) is 0. The molecule has 22 heteroatoms. The second kappa shape index (κ2) is 9.33. The zero-order valence-corrected chi connectivity index (χ0v) is 16.1. The molecule has 0 nitrogen and oxygen atoms in total. The maximum absolute atomic E-state index is 13.5. The molecule has 1 unspecified atom stereocenters. The molecule has 0 rings (SSSR count). The lowest BCUT2D eigenvalue weighted by atomic mass is 9.87. The molecular formula is C14H8F22. The Hall–Kier alpha value is -1.54. The van der Waals surface area contributed by atoms with E-state index in [9.17, 15) is 96.6 Å². The van der Waals surface area contributed by atoms with Crippen molar-refractivity contribution in [3.8, 4) is 0 Å². The molecule has 0 spiro atoms. The van der Waals surface area contributed by atoms with E-state index < -0.39 is 85.4 Å². The number of hydrogen-bond donors (Lipinski definition) is 0. The van der Waals surface area contributed by atoms with Gasteiger partial charge in [0.15, 0.2) is 6.17 Å². The van der Waals surface area contributed by atoms with Crippen LogP contribution in [0.4, 0.5) is 96.6 Å². The molecule has 0 aromatic rings. The minimum Gasteiger partial charge on any atom is -0.241 e. The largest absolute Gasteiger partial charge is 0.460 e. The van der Waals surface area contributed by atoms with Crippen LogP contribution in [-0.4, -0.2) is 66.2 Å². The third-order valence-corrected chi connectivity index (χ3v) is 4.36. The van der Waals surface area contributed by atoms with E-state index in [0.29, 0.717) is 0 Å². The van der Waals surface area contributed by atoms with Crippen LogP contribution in [0.3, 0.4) is 0 Å². The van der Waals surface area contributed by atoms with Gasteiger partial charge in [0.1, 0.15) is 0 Å². The van der Waals surface area contributed by atoms with E-state index in [4.69, 9.17) is 0 Å². The van der Waals surface area contributed by atoms with Gasteiger partial charge in [-0.2, -0.15) is 74.6 Å². The van der Waals surface area contributed by atoms with Crippen LogP contribution < -0.4 is 0 Å². The zero-order chi connectivity index (χ0) is 29.8. The highest BCUT2D eigenvalue weighted by Crippen LogP contribution is 2.64. The van der Waals surface area contributed by atoms with Crippen molar-refractivity contribution in [2.24, 2.45) is 0 Å². The number of rotatable bonds is 12. The molecule has 0 heterocycles. The standard InChI is InChI=1S/C14H8F22/c15-4(5(16)17)3-6(18,19)1-2-7(20,21)8(22,23)9(24,25)10(26,27)11(28,29)12(30,31)13(32,33)14(34,35)36/h4-5H,1-3H2. The predicted octanol–water partition coefficient (Wildman–Crippen LogP) is 8.40. The van der Waals surface area contributed by atoms with Gasteiger partial charge < -0.3 is 0 Å². The number of hydrogen-bond acceptors (Lipinski definition) is 0. The predicted molar refractivity (Wildman–Crippen MR) is 70.4 cm³/mol. The van der Waals surface area contributed by atoms with E-state index in [1.807, 2.05) is 0 Å². The fourth-order valence-electron chi connectivity index (χ4n) is 2.17. The van der Waals surface area contributed by atoms with Gasteiger partial charge >= 0.3 is 47.6 Å². The molecule has 0 aromatic carbocycles. The summed E-state index contributed by atoms with van der Waals surface area (Å²) in [7, 11) is 0. The quantitative estimate of drug-likeness (QED) is 0.199. The van der Waals surface area contributed by atoms with Crippen molar-refractivity contribution in [3.05, 3.63) is 0 Å². The molecule has 0 fully saturated rings. The Morgan fingerprint density at radius 2 is 0.694 bits per heavy atom. The van der Waals surface area contributed by atoms with Gasteiger partial charge in [-0.15, -0.1) is 0 Å². The lowest BCUT2D eigenvalue weighted by Gasteiger charge is -2.43. The molecule has 0 aliphatic carbocycles. The SMILES string of the molecule is FC(F)C(F)CC(F)(F)CCC(F)(F)C(F)(F)C(F)(F)C(F)(F)C(F)(F)C(F)(F)C(F)(F)C(F)(F)F. The monoisotopic (exact) mass is 594 g/mol. The molecule has 0 amide bonds. The summed E-state index contributed by atoms with van der Waals surface area (Å²) < 4.78 is 284. The molecule has 0 bridgehead atoms. The minimum atomic E-state index is -8.87. The van der Waals surface area contributed by atoms with Crippen molar-refractivity contribution in [2.75, 3.05) is 0 Å². The number of halogens is 22. The van der Waals surface area contributed by atoms with Crippen molar-refractivity contribution >= 4 is 0 Å². The van der Waals surface area contributed by atoms with Crippen LogP contribution in [0, 0.1) is 0 Å². The molecular weight excluding hydrogens is 586 g/mol. The maximum atomic E-state index is 13.5. The smallest absolute Gasteiger partial charge is 0.241 e. The highest BCUT2D eigenvalue weighted by molar-refractivity contribution is 5.15. The first kappa shape index (κ1) is 34.5. The Morgan fingerprint density at radius 3 is 1.00 bits per heavy atom. The van der Waals surface area contributed by atoms with Gasteiger partial charge in [-0.25, -0.2) is 22.0 Å². The van der Waals surface area contributed by atoms with Crippen LogP contribution in [0.15, 0.2) is 0 Å². The van der Waals surface area contributed by atoms with Crippen LogP contribution in [0.2, 0.25) is 0 Å². The lowest BCUT2D eigenvalue weighted by molar-refractivity contribution is -0.462. The first-order chi connectivity index (χ1) is 15.3. The molecule has 1 atom stereocenters. The van der Waals surface area contributed by atoms with E-state index in [1.54, 1.807) is 0 Å². The summed E-state index contributed by atoms with van der Waals surface area (Å²) in [6.45, 7) is 0.